The molecule has 0 spiro atoms. The normalized spacial score (nSPS) is 13.8. The van der Waals surface area contributed by atoms with Crippen molar-refractivity contribution >= 4 is 12.0 Å². The molecular formula is C15H17N5O3. The number of nitrogens with zero attached hydrogens (tertiary/aromatic N) is 4. The van der Waals surface area contributed by atoms with Crippen molar-refractivity contribution in [1.82, 2.24) is 25.3 Å². The largest absolute Gasteiger partial charge is 0.368 e. The SMILES string of the molecule is C=Cc1cccc(-n2nnn(C)c2=O)c1CONC(=O)C1CC1. The van der Waals surface area contributed by atoms with Gasteiger partial charge in [0.25, 0.3) is 0 Å². The van der Waals surface area contributed by atoms with Gasteiger partial charge in [-0.05, 0) is 34.9 Å². The zero-order valence-electron chi connectivity index (χ0n) is 12.7. The lowest BCUT2D eigenvalue weighted by Crippen LogP contribution is -2.26. The molecule has 1 aromatic heterocycles. The lowest BCUT2D eigenvalue weighted by atomic mass is 10.1. The van der Waals surface area contributed by atoms with Crippen LogP contribution in [0.25, 0.3) is 11.8 Å². The highest BCUT2D eigenvalue weighted by Crippen LogP contribution is 2.28. The second kappa shape index (κ2) is 6.17. The van der Waals surface area contributed by atoms with Crippen LogP contribution < -0.4 is 11.2 Å². The van der Waals surface area contributed by atoms with E-state index in [1.165, 1.54) is 11.7 Å². The molecule has 1 N–H and O–H groups in total. The third kappa shape index (κ3) is 3.07. The number of carbonyl (C=O) groups excluding carboxylic acids is 1. The van der Waals surface area contributed by atoms with Crippen molar-refractivity contribution in [2.24, 2.45) is 13.0 Å². The van der Waals surface area contributed by atoms with Gasteiger partial charge in [0.15, 0.2) is 0 Å². The van der Waals surface area contributed by atoms with Gasteiger partial charge in [0.2, 0.25) is 5.91 Å². The highest BCUT2D eigenvalue weighted by molar-refractivity contribution is 5.79. The Balaban J connectivity index is 1.87. The number of benzene rings is 1. The second-order valence-electron chi connectivity index (χ2n) is 5.38. The fraction of sp³-hybridized carbons (Fsp3) is 0.333. The van der Waals surface area contributed by atoms with Crippen molar-refractivity contribution in [2.75, 3.05) is 0 Å². The zero-order valence-corrected chi connectivity index (χ0v) is 12.7. The van der Waals surface area contributed by atoms with Crippen LogP contribution in [0.3, 0.4) is 0 Å². The molecule has 0 unspecified atom stereocenters. The topological polar surface area (TPSA) is 91.0 Å². The molecule has 8 nitrogen and oxygen atoms in total. The minimum absolute atomic E-state index is 0.0618. The summed E-state index contributed by atoms with van der Waals surface area (Å²) in [5, 5.41) is 7.55. The lowest BCUT2D eigenvalue weighted by Gasteiger charge is -2.12. The quantitative estimate of drug-likeness (QED) is 0.787. The van der Waals surface area contributed by atoms with Crippen LogP contribution in [0.1, 0.15) is 24.0 Å². The Hall–Kier alpha value is -2.74. The van der Waals surface area contributed by atoms with Crippen molar-refractivity contribution in [2.45, 2.75) is 19.4 Å². The van der Waals surface area contributed by atoms with Crippen molar-refractivity contribution in [3.8, 4) is 5.69 Å². The van der Waals surface area contributed by atoms with Crippen LogP contribution in [-0.2, 0) is 23.3 Å². The molecular weight excluding hydrogens is 298 g/mol. The smallest absolute Gasteiger partial charge is 0.273 e. The van der Waals surface area contributed by atoms with Gasteiger partial charge >= 0.3 is 5.69 Å². The summed E-state index contributed by atoms with van der Waals surface area (Å²) < 4.78 is 2.33. The average molecular weight is 315 g/mol. The highest BCUT2D eigenvalue weighted by atomic mass is 16.6. The van der Waals surface area contributed by atoms with Gasteiger partial charge in [0.1, 0.15) is 6.61 Å². The number of carbonyl (C=O) groups is 1. The molecule has 1 heterocycles. The maximum absolute atomic E-state index is 12.1. The first-order chi connectivity index (χ1) is 11.1. The van der Waals surface area contributed by atoms with Crippen LogP contribution in [-0.4, -0.2) is 25.7 Å². The Bertz CT molecular complexity index is 804. The monoisotopic (exact) mass is 315 g/mol. The van der Waals surface area contributed by atoms with E-state index in [1.807, 2.05) is 6.07 Å². The van der Waals surface area contributed by atoms with Crippen molar-refractivity contribution in [1.29, 1.82) is 0 Å². The Morgan fingerprint density at radius 1 is 1.48 bits per heavy atom. The summed E-state index contributed by atoms with van der Waals surface area (Å²) in [6.45, 7) is 3.86. The summed E-state index contributed by atoms with van der Waals surface area (Å²) >= 11 is 0. The molecule has 2 aromatic rings. The average Bonchev–Trinajstić information content (AvgIpc) is 3.35. The number of amides is 1. The molecule has 23 heavy (non-hydrogen) atoms. The number of aromatic nitrogens is 4. The summed E-state index contributed by atoms with van der Waals surface area (Å²) in [5.74, 6) is -0.0500. The maximum Gasteiger partial charge on any atom is 0.368 e. The van der Waals surface area contributed by atoms with Gasteiger partial charge in [-0.1, -0.05) is 24.8 Å². The van der Waals surface area contributed by atoms with Crippen molar-refractivity contribution in [3.05, 3.63) is 46.4 Å². The van der Waals surface area contributed by atoms with E-state index >= 15 is 0 Å². The summed E-state index contributed by atoms with van der Waals surface area (Å²) in [7, 11) is 1.52. The van der Waals surface area contributed by atoms with E-state index in [0.29, 0.717) is 11.3 Å². The molecule has 3 rings (SSSR count). The number of hydroxylamine groups is 1. The molecule has 1 aromatic carbocycles. The van der Waals surface area contributed by atoms with E-state index < -0.39 is 0 Å². The fourth-order valence-corrected chi connectivity index (χ4v) is 2.21. The molecule has 1 saturated carbocycles. The van der Waals surface area contributed by atoms with Gasteiger partial charge < -0.3 is 0 Å². The molecule has 0 saturated heterocycles. The molecule has 0 bridgehead atoms. The first-order valence-corrected chi connectivity index (χ1v) is 7.27. The third-order valence-corrected chi connectivity index (χ3v) is 3.69. The standard InChI is InChI=1S/C15H17N5O3/c1-3-10-5-4-6-13(20-15(22)19(2)17-18-20)12(10)9-23-16-14(21)11-7-8-11/h3-6,11H,1,7-9H2,2H3,(H,16,21). The Labute approximate surface area is 132 Å². The summed E-state index contributed by atoms with van der Waals surface area (Å²) in [6, 6.07) is 5.38. The van der Waals surface area contributed by atoms with E-state index in [2.05, 4.69) is 22.5 Å². The van der Waals surface area contributed by atoms with Crippen molar-refractivity contribution < 1.29 is 9.63 Å². The lowest BCUT2D eigenvalue weighted by molar-refractivity contribution is -0.135. The predicted molar refractivity (Wildman–Crippen MR) is 82.3 cm³/mol. The number of nitrogens with one attached hydrogen (secondary N) is 1. The number of hydrogen-bond donors (Lipinski definition) is 1. The molecule has 1 aliphatic rings. The minimum Gasteiger partial charge on any atom is -0.273 e. The van der Waals surface area contributed by atoms with Crippen LogP contribution >= 0.6 is 0 Å². The second-order valence-corrected chi connectivity index (χ2v) is 5.38. The van der Waals surface area contributed by atoms with Crippen LogP contribution in [0.5, 0.6) is 0 Å². The van der Waals surface area contributed by atoms with E-state index in [1.54, 1.807) is 18.2 Å². The predicted octanol–water partition coefficient (Wildman–Crippen LogP) is 0.567. The number of hydrogen-bond acceptors (Lipinski definition) is 5. The zero-order chi connectivity index (χ0) is 16.4. The number of aryl methyl sites for hydroxylation is 1. The van der Waals surface area contributed by atoms with E-state index in [9.17, 15) is 9.59 Å². The molecule has 1 fully saturated rings. The Kier molecular flexibility index (Phi) is 4.07. The molecule has 0 radical (unpaired) electrons. The van der Waals surface area contributed by atoms with Crippen LogP contribution in [0, 0.1) is 5.92 Å². The summed E-state index contributed by atoms with van der Waals surface area (Å²) in [6.07, 6.45) is 3.46. The van der Waals surface area contributed by atoms with Crippen LogP contribution in [0.4, 0.5) is 0 Å². The highest BCUT2D eigenvalue weighted by Gasteiger charge is 2.29. The van der Waals surface area contributed by atoms with E-state index in [-0.39, 0.29) is 24.1 Å². The van der Waals surface area contributed by atoms with Gasteiger partial charge in [0.05, 0.1) is 5.69 Å². The molecule has 1 aliphatic carbocycles. The first-order valence-electron chi connectivity index (χ1n) is 7.27. The summed E-state index contributed by atoms with van der Waals surface area (Å²) in [4.78, 5) is 29.0. The van der Waals surface area contributed by atoms with Crippen LogP contribution in [0.2, 0.25) is 0 Å². The van der Waals surface area contributed by atoms with E-state index in [0.717, 1.165) is 23.1 Å². The van der Waals surface area contributed by atoms with Gasteiger partial charge in [0, 0.05) is 18.5 Å². The Morgan fingerprint density at radius 2 is 2.26 bits per heavy atom. The van der Waals surface area contributed by atoms with Gasteiger partial charge in [-0.25, -0.2) is 10.3 Å². The molecule has 0 atom stereocenters. The minimum atomic E-state index is -0.366. The summed E-state index contributed by atoms with van der Waals surface area (Å²) in [5.41, 5.74) is 4.11. The van der Waals surface area contributed by atoms with Gasteiger partial charge in [-0.15, -0.1) is 0 Å². The maximum atomic E-state index is 12.1. The van der Waals surface area contributed by atoms with Crippen molar-refractivity contribution in [3.63, 3.8) is 0 Å². The van der Waals surface area contributed by atoms with Gasteiger partial charge in [-0.3, -0.25) is 9.63 Å². The molecule has 1 amide bonds. The fourth-order valence-electron chi connectivity index (χ4n) is 2.21. The van der Waals surface area contributed by atoms with E-state index in [4.69, 9.17) is 4.84 Å². The molecule has 8 heteroatoms. The van der Waals surface area contributed by atoms with Crippen LogP contribution in [0.15, 0.2) is 29.6 Å². The van der Waals surface area contributed by atoms with Gasteiger partial charge in [-0.2, -0.15) is 9.36 Å². The number of tetrazole rings is 1. The third-order valence-electron chi connectivity index (χ3n) is 3.69. The molecule has 120 valence electrons. The Morgan fingerprint density at radius 3 is 2.87 bits per heavy atom. The molecule has 0 aliphatic heterocycles. The first kappa shape index (κ1) is 15.2. The number of rotatable bonds is 6.